The highest BCUT2D eigenvalue weighted by Gasteiger charge is 2.22. The van der Waals surface area contributed by atoms with Crippen molar-refractivity contribution in [2.24, 2.45) is 0 Å². The predicted molar refractivity (Wildman–Crippen MR) is 116 cm³/mol. The molecule has 0 rings (SSSR count). The van der Waals surface area contributed by atoms with Gasteiger partial charge in [-0.1, -0.05) is 104 Å². The number of halogens is 1. The second-order valence-corrected chi connectivity index (χ2v) is 9.30. The highest BCUT2D eigenvalue weighted by atomic mass is 79.9. The molecule has 26 heavy (non-hydrogen) atoms. The van der Waals surface area contributed by atoms with Crippen LogP contribution in [-0.2, 0) is 0 Å². The third-order valence-electron chi connectivity index (χ3n) is 5.88. The minimum Gasteiger partial charge on any atom is -1.00 e. The van der Waals surface area contributed by atoms with Crippen LogP contribution in [0.4, 0.5) is 0 Å². The molecule has 0 N–H and O–H groups in total. The van der Waals surface area contributed by atoms with E-state index in [1.165, 1.54) is 116 Å². The summed E-state index contributed by atoms with van der Waals surface area (Å²) in [7, 11) is 7.21. The molecule has 0 aliphatic rings. The SMILES string of the molecule is CCCCCCCCCCC(CCCCCCCCCC)[N+](C)(C)C.[Br-]. The van der Waals surface area contributed by atoms with Crippen LogP contribution in [0.2, 0.25) is 0 Å². The smallest absolute Gasteiger partial charge is 0.0884 e. The van der Waals surface area contributed by atoms with Gasteiger partial charge in [-0.15, -0.1) is 0 Å². The number of rotatable bonds is 19. The Labute approximate surface area is 178 Å². The molecule has 0 aromatic rings. The average Bonchev–Trinajstić information content (AvgIpc) is 2.56. The Balaban J connectivity index is 0. The van der Waals surface area contributed by atoms with Gasteiger partial charge in [0.2, 0.25) is 0 Å². The highest BCUT2D eigenvalue weighted by molar-refractivity contribution is 4.60. The van der Waals surface area contributed by atoms with Gasteiger partial charge in [-0.3, -0.25) is 0 Å². The summed E-state index contributed by atoms with van der Waals surface area (Å²) in [4.78, 5) is 0. The lowest BCUT2D eigenvalue weighted by Gasteiger charge is -2.34. The van der Waals surface area contributed by atoms with Crippen molar-refractivity contribution < 1.29 is 21.5 Å². The van der Waals surface area contributed by atoms with E-state index in [-0.39, 0.29) is 17.0 Å². The van der Waals surface area contributed by atoms with Crippen molar-refractivity contribution in [2.75, 3.05) is 21.1 Å². The fourth-order valence-corrected chi connectivity index (χ4v) is 3.95. The third-order valence-corrected chi connectivity index (χ3v) is 5.88. The summed E-state index contributed by atoms with van der Waals surface area (Å²) in [6.45, 7) is 4.61. The maximum atomic E-state index is 2.40. The lowest BCUT2D eigenvalue weighted by molar-refractivity contribution is -0.896. The van der Waals surface area contributed by atoms with E-state index in [0.717, 1.165) is 10.5 Å². The number of hydrogen-bond acceptors (Lipinski definition) is 0. The van der Waals surface area contributed by atoms with Gasteiger partial charge >= 0.3 is 0 Å². The molecule has 0 amide bonds. The first kappa shape index (κ1) is 28.6. The minimum absolute atomic E-state index is 0. The first-order valence-electron chi connectivity index (χ1n) is 11.8. The molecule has 0 heterocycles. The van der Waals surface area contributed by atoms with Gasteiger partial charge in [0.25, 0.3) is 0 Å². The van der Waals surface area contributed by atoms with Crippen LogP contribution in [0.3, 0.4) is 0 Å². The van der Waals surface area contributed by atoms with Crippen molar-refractivity contribution in [3.63, 3.8) is 0 Å². The molecule has 0 aliphatic carbocycles. The highest BCUT2D eigenvalue weighted by Crippen LogP contribution is 2.20. The third kappa shape index (κ3) is 19.2. The fourth-order valence-electron chi connectivity index (χ4n) is 3.95. The van der Waals surface area contributed by atoms with E-state index in [4.69, 9.17) is 0 Å². The van der Waals surface area contributed by atoms with Crippen LogP contribution < -0.4 is 17.0 Å². The second kappa shape index (κ2) is 20.2. The zero-order chi connectivity index (χ0) is 18.8. The van der Waals surface area contributed by atoms with E-state index in [1.807, 2.05) is 0 Å². The molecule has 0 atom stereocenters. The zero-order valence-corrected chi connectivity index (χ0v) is 20.7. The van der Waals surface area contributed by atoms with Gasteiger partial charge in [-0.2, -0.15) is 0 Å². The molecule has 0 fully saturated rings. The van der Waals surface area contributed by atoms with E-state index in [2.05, 4.69) is 35.0 Å². The normalized spacial score (nSPS) is 11.8. The number of nitrogens with zero attached hydrogens (tertiary/aromatic N) is 1. The Hall–Kier alpha value is 0.440. The van der Waals surface area contributed by atoms with E-state index >= 15 is 0 Å². The van der Waals surface area contributed by atoms with E-state index in [9.17, 15) is 0 Å². The summed E-state index contributed by atoms with van der Waals surface area (Å²) < 4.78 is 1.16. The summed E-state index contributed by atoms with van der Waals surface area (Å²) >= 11 is 0. The molecule has 0 saturated carbocycles. The van der Waals surface area contributed by atoms with Crippen LogP contribution in [-0.4, -0.2) is 31.7 Å². The molecule has 0 spiro atoms. The van der Waals surface area contributed by atoms with Gasteiger partial charge in [0.05, 0.1) is 27.2 Å². The fraction of sp³-hybridized carbons (Fsp3) is 1.00. The maximum absolute atomic E-state index is 2.40. The monoisotopic (exact) mass is 433 g/mol. The molecular formula is C24H52BrN. The molecular weight excluding hydrogens is 382 g/mol. The summed E-state index contributed by atoms with van der Waals surface area (Å²) in [5.74, 6) is 0. The van der Waals surface area contributed by atoms with Gasteiger partial charge in [0.15, 0.2) is 0 Å². The van der Waals surface area contributed by atoms with Gasteiger partial charge in [0, 0.05) is 0 Å². The van der Waals surface area contributed by atoms with Crippen molar-refractivity contribution in [2.45, 2.75) is 135 Å². The molecule has 160 valence electrons. The molecule has 0 aromatic carbocycles. The van der Waals surface area contributed by atoms with Crippen LogP contribution >= 0.6 is 0 Å². The molecule has 1 nitrogen and oxygen atoms in total. The van der Waals surface area contributed by atoms with Crippen molar-refractivity contribution in [3.05, 3.63) is 0 Å². The van der Waals surface area contributed by atoms with E-state index in [1.54, 1.807) is 0 Å². The quantitative estimate of drug-likeness (QED) is 0.195. The van der Waals surface area contributed by atoms with Crippen molar-refractivity contribution in [3.8, 4) is 0 Å². The molecule has 0 unspecified atom stereocenters. The topological polar surface area (TPSA) is 0 Å². The molecule has 0 radical (unpaired) electrons. The van der Waals surface area contributed by atoms with Crippen molar-refractivity contribution in [1.29, 1.82) is 0 Å². The predicted octanol–water partition coefficient (Wildman–Crippen LogP) is 5.13. The molecule has 0 bridgehead atoms. The van der Waals surface area contributed by atoms with Crippen LogP contribution in [0.1, 0.15) is 129 Å². The zero-order valence-electron chi connectivity index (χ0n) is 19.1. The van der Waals surface area contributed by atoms with Gasteiger partial charge in [-0.25, -0.2) is 0 Å². The summed E-state index contributed by atoms with van der Waals surface area (Å²) in [6.07, 6.45) is 26.0. The molecule has 0 aliphatic heterocycles. The second-order valence-electron chi connectivity index (χ2n) is 9.30. The Morgan fingerprint density at radius 1 is 0.462 bits per heavy atom. The van der Waals surface area contributed by atoms with E-state index in [0.29, 0.717) is 0 Å². The maximum Gasteiger partial charge on any atom is 0.0884 e. The van der Waals surface area contributed by atoms with E-state index < -0.39 is 0 Å². The van der Waals surface area contributed by atoms with Crippen LogP contribution in [0.5, 0.6) is 0 Å². The molecule has 0 aromatic heterocycles. The Kier molecular flexibility index (Phi) is 22.2. The average molecular weight is 435 g/mol. The Bertz CT molecular complexity index is 239. The standard InChI is InChI=1S/C24H52N.BrH/c1-6-8-10-12-14-16-18-20-22-24(25(3,4)5)23-21-19-17-15-13-11-9-7-2;/h24H,6-23H2,1-5H3;1H/q+1;/p-1. The lowest BCUT2D eigenvalue weighted by atomic mass is 9.98. The minimum atomic E-state index is 0. The first-order valence-corrected chi connectivity index (χ1v) is 11.8. The Morgan fingerprint density at radius 2 is 0.731 bits per heavy atom. The van der Waals surface area contributed by atoms with Crippen LogP contribution in [0, 0.1) is 0 Å². The number of unbranched alkanes of at least 4 members (excludes halogenated alkanes) is 14. The largest absolute Gasteiger partial charge is 1.00 e. The Morgan fingerprint density at radius 3 is 1.00 bits per heavy atom. The lowest BCUT2D eigenvalue weighted by Crippen LogP contribution is -3.00. The van der Waals surface area contributed by atoms with Crippen LogP contribution in [0.15, 0.2) is 0 Å². The summed E-state index contributed by atoms with van der Waals surface area (Å²) in [6, 6.07) is 0.875. The van der Waals surface area contributed by atoms with Gasteiger partial charge < -0.3 is 21.5 Å². The van der Waals surface area contributed by atoms with Crippen molar-refractivity contribution >= 4 is 0 Å². The first-order chi connectivity index (χ1) is 12.0. The molecule has 2 heteroatoms. The van der Waals surface area contributed by atoms with Crippen molar-refractivity contribution in [1.82, 2.24) is 0 Å². The molecule has 0 saturated heterocycles. The number of quaternary nitrogens is 1. The number of hydrogen-bond donors (Lipinski definition) is 0. The summed E-state index contributed by atoms with van der Waals surface area (Å²) in [5, 5.41) is 0. The summed E-state index contributed by atoms with van der Waals surface area (Å²) in [5.41, 5.74) is 0. The van der Waals surface area contributed by atoms with Gasteiger partial charge in [0.1, 0.15) is 0 Å². The van der Waals surface area contributed by atoms with Gasteiger partial charge in [-0.05, 0) is 25.7 Å². The van der Waals surface area contributed by atoms with Crippen LogP contribution in [0.25, 0.3) is 0 Å².